The van der Waals surface area contributed by atoms with Crippen LogP contribution in [-0.2, 0) is 12.0 Å². The van der Waals surface area contributed by atoms with Crippen LogP contribution in [0, 0.1) is 6.92 Å². The first-order valence-electron chi connectivity index (χ1n) is 9.37. The van der Waals surface area contributed by atoms with Crippen molar-refractivity contribution in [3.8, 4) is 0 Å². The average molecular weight is 364 g/mol. The van der Waals surface area contributed by atoms with Crippen molar-refractivity contribution in [2.75, 3.05) is 13.1 Å². The number of nitrogens with one attached hydrogen (secondary N) is 2. The number of aromatic nitrogens is 3. The molecule has 2 N–H and O–H groups in total. The van der Waals surface area contributed by atoms with Gasteiger partial charge in [-0.05, 0) is 31.5 Å². The van der Waals surface area contributed by atoms with E-state index in [1.807, 2.05) is 28.8 Å². The molecule has 3 rings (SSSR count). The summed E-state index contributed by atoms with van der Waals surface area (Å²) in [5, 5.41) is 15.2. The highest BCUT2D eigenvalue weighted by Gasteiger charge is 2.21. The Labute approximate surface area is 160 Å². The lowest BCUT2D eigenvalue weighted by Gasteiger charge is -2.27. The summed E-state index contributed by atoms with van der Waals surface area (Å²) in [6.07, 6.45) is 1.96. The molecule has 0 saturated heterocycles. The van der Waals surface area contributed by atoms with E-state index < -0.39 is 0 Å². The number of hydrogen-bond donors (Lipinski definition) is 2. The highest BCUT2D eigenvalue weighted by atomic mass is 15.3. The van der Waals surface area contributed by atoms with Gasteiger partial charge in [0.2, 0.25) is 0 Å². The Kier molecular flexibility index (Phi) is 5.74. The van der Waals surface area contributed by atoms with Crippen molar-refractivity contribution < 1.29 is 0 Å². The quantitative estimate of drug-likeness (QED) is 0.521. The molecule has 0 amide bonds. The number of aryl methyl sites for hydroxylation is 1. The number of benzene rings is 1. The van der Waals surface area contributed by atoms with E-state index in [0.29, 0.717) is 6.54 Å². The van der Waals surface area contributed by atoms with Gasteiger partial charge in [-0.25, -0.2) is 4.99 Å². The van der Waals surface area contributed by atoms with E-state index in [-0.39, 0.29) is 5.41 Å². The molecule has 0 fully saturated rings. The van der Waals surface area contributed by atoms with E-state index in [0.717, 1.165) is 30.5 Å². The fourth-order valence-electron chi connectivity index (χ4n) is 2.96. The minimum absolute atomic E-state index is 0.0101. The Bertz CT molecular complexity index is 925. The molecule has 0 spiro atoms. The summed E-state index contributed by atoms with van der Waals surface area (Å²) in [4.78, 5) is 4.69. The number of aliphatic imine (C=N–C) groups is 1. The summed E-state index contributed by atoms with van der Waals surface area (Å²) in [6.45, 7) is 10.7. The van der Waals surface area contributed by atoms with Crippen LogP contribution < -0.4 is 10.6 Å². The molecule has 6 nitrogen and oxygen atoms in total. The third-order valence-electron chi connectivity index (χ3n) is 4.60. The molecular weight excluding hydrogens is 336 g/mol. The lowest BCUT2D eigenvalue weighted by atomic mass is 9.84. The van der Waals surface area contributed by atoms with E-state index in [1.165, 1.54) is 11.1 Å². The second-order valence-electron chi connectivity index (χ2n) is 7.35. The Morgan fingerprint density at radius 3 is 2.74 bits per heavy atom. The Hall–Kier alpha value is -2.89. The Balaban J connectivity index is 1.70. The SMILES string of the molecule is CCNC(=NCc1nnc2ccccn12)NCC(C)(C)c1cccc(C)c1. The van der Waals surface area contributed by atoms with Crippen molar-refractivity contribution >= 4 is 11.6 Å². The summed E-state index contributed by atoms with van der Waals surface area (Å²) in [5.74, 6) is 1.60. The van der Waals surface area contributed by atoms with Crippen molar-refractivity contribution in [1.82, 2.24) is 25.2 Å². The van der Waals surface area contributed by atoms with Crippen molar-refractivity contribution in [2.45, 2.75) is 39.7 Å². The molecule has 142 valence electrons. The molecule has 0 atom stereocenters. The van der Waals surface area contributed by atoms with Crippen LogP contribution >= 0.6 is 0 Å². The first-order valence-corrected chi connectivity index (χ1v) is 9.37. The third-order valence-corrected chi connectivity index (χ3v) is 4.60. The molecule has 0 radical (unpaired) electrons. The average Bonchev–Trinajstić information content (AvgIpc) is 3.07. The summed E-state index contributed by atoms with van der Waals surface area (Å²) in [6, 6.07) is 14.5. The minimum atomic E-state index is -0.0101. The first kappa shape index (κ1) is 18.9. The van der Waals surface area contributed by atoms with Gasteiger partial charge in [-0.1, -0.05) is 49.7 Å². The predicted molar refractivity (Wildman–Crippen MR) is 110 cm³/mol. The highest BCUT2D eigenvalue weighted by Crippen LogP contribution is 2.23. The van der Waals surface area contributed by atoms with Crippen LogP contribution in [0.25, 0.3) is 5.65 Å². The summed E-state index contributed by atoms with van der Waals surface area (Å²) >= 11 is 0. The third kappa shape index (κ3) is 4.64. The van der Waals surface area contributed by atoms with Crippen LogP contribution in [0.2, 0.25) is 0 Å². The molecule has 0 aliphatic carbocycles. The molecule has 0 unspecified atom stereocenters. The summed E-state index contributed by atoms with van der Waals surface area (Å²) in [5.41, 5.74) is 3.42. The van der Waals surface area contributed by atoms with Gasteiger partial charge in [0.25, 0.3) is 0 Å². The van der Waals surface area contributed by atoms with Crippen LogP contribution in [-0.4, -0.2) is 33.6 Å². The van der Waals surface area contributed by atoms with Crippen LogP contribution in [0.4, 0.5) is 0 Å². The number of guanidine groups is 1. The normalized spacial score (nSPS) is 12.4. The molecule has 2 heterocycles. The first-order chi connectivity index (χ1) is 13.0. The lowest BCUT2D eigenvalue weighted by Crippen LogP contribution is -2.43. The van der Waals surface area contributed by atoms with Crippen LogP contribution in [0.1, 0.15) is 37.7 Å². The molecule has 0 aliphatic rings. The maximum atomic E-state index is 4.69. The van der Waals surface area contributed by atoms with E-state index in [9.17, 15) is 0 Å². The zero-order valence-corrected chi connectivity index (χ0v) is 16.5. The van der Waals surface area contributed by atoms with Crippen molar-refractivity contribution in [3.05, 3.63) is 65.6 Å². The van der Waals surface area contributed by atoms with Gasteiger partial charge in [-0.3, -0.25) is 4.40 Å². The largest absolute Gasteiger partial charge is 0.357 e. The van der Waals surface area contributed by atoms with Crippen LogP contribution in [0.3, 0.4) is 0 Å². The van der Waals surface area contributed by atoms with Gasteiger partial charge in [-0.15, -0.1) is 10.2 Å². The second kappa shape index (κ2) is 8.20. The van der Waals surface area contributed by atoms with Crippen LogP contribution in [0.5, 0.6) is 0 Å². The van der Waals surface area contributed by atoms with Gasteiger partial charge in [0.15, 0.2) is 17.4 Å². The monoisotopic (exact) mass is 364 g/mol. The smallest absolute Gasteiger partial charge is 0.191 e. The van der Waals surface area contributed by atoms with Crippen molar-refractivity contribution in [2.24, 2.45) is 4.99 Å². The van der Waals surface area contributed by atoms with Gasteiger partial charge in [0, 0.05) is 24.7 Å². The number of hydrogen-bond acceptors (Lipinski definition) is 3. The van der Waals surface area contributed by atoms with E-state index >= 15 is 0 Å². The number of rotatable bonds is 6. The Morgan fingerprint density at radius 1 is 1.11 bits per heavy atom. The zero-order valence-electron chi connectivity index (χ0n) is 16.5. The van der Waals surface area contributed by atoms with Gasteiger partial charge in [-0.2, -0.15) is 0 Å². The summed E-state index contributed by atoms with van der Waals surface area (Å²) < 4.78 is 1.96. The van der Waals surface area contributed by atoms with Gasteiger partial charge in [0.05, 0.1) is 0 Å². The second-order valence-corrected chi connectivity index (χ2v) is 7.35. The fourth-order valence-corrected chi connectivity index (χ4v) is 2.96. The number of nitrogens with zero attached hydrogens (tertiary/aromatic N) is 4. The Morgan fingerprint density at radius 2 is 1.96 bits per heavy atom. The zero-order chi connectivity index (χ0) is 19.3. The maximum Gasteiger partial charge on any atom is 0.191 e. The highest BCUT2D eigenvalue weighted by molar-refractivity contribution is 5.79. The molecule has 0 aliphatic heterocycles. The molecule has 27 heavy (non-hydrogen) atoms. The number of pyridine rings is 1. The van der Waals surface area contributed by atoms with Gasteiger partial charge in [0.1, 0.15) is 6.54 Å². The van der Waals surface area contributed by atoms with Crippen LogP contribution in [0.15, 0.2) is 53.7 Å². The molecule has 3 aromatic rings. The standard InChI is InChI=1S/C21H28N6/c1-5-22-20(23-14-19-26-25-18-11-6-7-12-27(18)19)24-15-21(3,4)17-10-8-9-16(2)13-17/h6-13H,5,14-15H2,1-4H3,(H2,22,23,24). The van der Waals surface area contributed by atoms with Gasteiger partial charge >= 0.3 is 0 Å². The summed E-state index contributed by atoms with van der Waals surface area (Å²) in [7, 11) is 0. The lowest BCUT2D eigenvalue weighted by molar-refractivity contribution is 0.508. The van der Waals surface area contributed by atoms with E-state index in [2.05, 4.69) is 72.8 Å². The molecule has 2 aromatic heterocycles. The van der Waals surface area contributed by atoms with Crippen molar-refractivity contribution in [1.29, 1.82) is 0 Å². The molecular formula is C21H28N6. The molecule has 6 heteroatoms. The molecule has 0 bridgehead atoms. The minimum Gasteiger partial charge on any atom is -0.357 e. The predicted octanol–water partition coefficient (Wildman–Crippen LogP) is 3.07. The van der Waals surface area contributed by atoms with Crippen molar-refractivity contribution in [3.63, 3.8) is 0 Å². The molecule has 0 saturated carbocycles. The van der Waals surface area contributed by atoms with E-state index in [4.69, 9.17) is 4.99 Å². The van der Waals surface area contributed by atoms with E-state index in [1.54, 1.807) is 0 Å². The fraction of sp³-hybridized carbons (Fsp3) is 0.381. The topological polar surface area (TPSA) is 66.6 Å². The molecule has 1 aromatic carbocycles. The van der Waals surface area contributed by atoms with Gasteiger partial charge < -0.3 is 10.6 Å². The maximum absolute atomic E-state index is 4.69. The number of fused-ring (bicyclic) bond motifs is 1.